The highest BCUT2D eigenvalue weighted by Gasteiger charge is 2.31. The lowest BCUT2D eigenvalue weighted by atomic mass is 9.87. The summed E-state index contributed by atoms with van der Waals surface area (Å²) in [6.07, 6.45) is 7.83. The van der Waals surface area contributed by atoms with Crippen molar-refractivity contribution in [2.24, 2.45) is 5.92 Å². The molecule has 2 N–H and O–H groups in total. The first kappa shape index (κ1) is 20.7. The maximum atomic E-state index is 12.7. The lowest BCUT2D eigenvalue weighted by Crippen LogP contribution is -2.44. The molecule has 30 heavy (non-hydrogen) atoms. The van der Waals surface area contributed by atoms with Gasteiger partial charge in [0.15, 0.2) is 11.6 Å². The molecule has 2 aromatic heterocycles. The van der Waals surface area contributed by atoms with E-state index in [1.54, 1.807) is 44.3 Å². The van der Waals surface area contributed by atoms with Crippen LogP contribution in [0.3, 0.4) is 0 Å². The molecule has 0 bridgehead atoms. The minimum absolute atomic E-state index is 0. The Balaban J connectivity index is 0.00000272. The van der Waals surface area contributed by atoms with E-state index >= 15 is 0 Å². The Bertz CT molecular complexity index is 908. The van der Waals surface area contributed by atoms with Crippen molar-refractivity contribution in [1.82, 2.24) is 15.0 Å². The molecule has 0 spiro atoms. The number of ether oxygens (including phenoxy) is 1. The van der Waals surface area contributed by atoms with Gasteiger partial charge in [0.1, 0.15) is 5.60 Å². The summed E-state index contributed by atoms with van der Waals surface area (Å²) in [6, 6.07) is 3.65. The summed E-state index contributed by atoms with van der Waals surface area (Å²) in [5.41, 5.74) is 1.02. The number of amides is 1. The number of fused-ring (bicyclic) bond motifs is 1. The van der Waals surface area contributed by atoms with Crippen molar-refractivity contribution in [3.8, 4) is 11.3 Å². The van der Waals surface area contributed by atoms with Crippen LogP contribution in [-0.2, 0) is 15.1 Å². The van der Waals surface area contributed by atoms with E-state index in [1.165, 1.54) is 0 Å². The zero-order chi connectivity index (χ0) is 21.3. The fourth-order valence-corrected chi connectivity index (χ4v) is 4.11. The number of aromatic nitrogens is 3. The van der Waals surface area contributed by atoms with Gasteiger partial charge in [-0.25, -0.2) is 9.97 Å². The molecule has 0 atom stereocenters. The second-order valence-corrected chi connectivity index (χ2v) is 8.65. The first-order valence-corrected chi connectivity index (χ1v) is 10.5. The van der Waals surface area contributed by atoms with Gasteiger partial charge in [-0.05, 0) is 57.6 Å². The molecule has 8 heteroatoms. The Labute approximate surface area is 178 Å². The number of rotatable bonds is 5. The molecule has 8 nitrogen and oxygen atoms in total. The number of anilines is 2. The number of methoxy groups -OCH3 is 1. The lowest BCUT2D eigenvalue weighted by Gasteiger charge is -2.34. The number of pyridine rings is 1. The Morgan fingerprint density at radius 2 is 2.00 bits per heavy atom. The highest BCUT2D eigenvalue weighted by Crippen LogP contribution is 2.32. The van der Waals surface area contributed by atoms with E-state index in [0.29, 0.717) is 41.6 Å². The zero-order valence-corrected chi connectivity index (χ0v) is 17.8. The molecule has 0 unspecified atom stereocenters. The van der Waals surface area contributed by atoms with Crippen molar-refractivity contribution in [2.75, 3.05) is 30.4 Å². The highest BCUT2D eigenvalue weighted by molar-refractivity contribution is 6.00. The normalized spacial score (nSPS) is 21.9. The second-order valence-electron chi connectivity index (χ2n) is 8.65. The molecule has 162 valence electrons. The predicted molar refractivity (Wildman–Crippen MR) is 116 cm³/mol. The van der Waals surface area contributed by atoms with Gasteiger partial charge in [-0.1, -0.05) is 0 Å². The molecule has 0 saturated heterocycles. The fraction of sp³-hybridized carbons (Fsp3) is 0.545. The van der Waals surface area contributed by atoms with E-state index < -0.39 is 5.60 Å². The average molecular weight is 414 g/mol. The van der Waals surface area contributed by atoms with E-state index in [4.69, 9.17) is 9.72 Å². The van der Waals surface area contributed by atoms with Gasteiger partial charge < -0.3 is 15.2 Å². The molecule has 1 amide bonds. The summed E-state index contributed by atoms with van der Waals surface area (Å²) in [7, 11) is 1.77. The average Bonchev–Trinajstić information content (AvgIpc) is 2.75. The number of carbonyl (C=O) groups excluding carboxylic acids is 1. The summed E-state index contributed by atoms with van der Waals surface area (Å²) < 4.78 is 5.47. The van der Waals surface area contributed by atoms with Gasteiger partial charge in [0, 0.05) is 26.8 Å². The highest BCUT2D eigenvalue weighted by atomic mass is 16.5. The van der Waals surface area contributed by atoms with E-state index in [0.717, 1.165) is 31.2 Å². The Morgan fingerprint density at radius 3 is 2.63 bits per heavy atom. The minimum Gasteiger partial charge on any atom is -0.384 e. The van der Waals surface area contributed by atoms with Crippen molar-refractivity contribution < 1.29 is 16.1 Å². The van der Waals surface area contributed by atoms with Crippen LogP contribution < -0.4 is 10.2 Å². The number of hydrogen-bond donors (Lipinski definition) is 2. The van der Waals surface area contributed by atoms with Gasteiger partial charge in [0.05, 0.1) is 30.2 Å². The summed E-state index contributed by atoms with van der Waals surface area (Å²) in [6.45, 7) is 4.28. The van der Waals surface area contributed by atoms with E-state index in [1.807, 2.05) is 6.07 Å². The molecule has 0 aromatic carbocycles. The lowest BCUT2D eigenvalue weighted by molar-refractivity contribution is -0.117. The first-order chi connectivity index (χ1) is 14.3. The summed E-state index contributed by atoms with van der Waals surface area (Å²) in [5, 5.41) is 13.2. The fourth-order valence-electron chi connectivity index (χ4n) is 4.11. The molecular weight excluding hydrogens is 382 g/mol. The van der Waals surface area contributed by atoms with Gasteiger partial charge >= 0.3 is 0 Å². The molecule has 2 aliphatic rings. The van der Waals surface area contributed by atoms with Crippen LogP contribution >= 0.6 is 0 Å². The molecule has 4 rings (SSSR count). The predicted octanol–water partition coefficient (Wildman–Crippen LogP) is 2.98. The summed E-state index contributed by atoms with van der Waals surface area (Å²) in [4.78, 5) is 28.1. The Hall–Kier alpha value is -2.58. The SMILES string of the molecule is COC1CCC(CN2C(=O)CNc3ncc(-c4ccc(C(C)(C)O)nc4)nc32)CC1.[HH]. The number of aliphatic hydroxyl groups is 1. The summed E-state index contributed by atoms with van der Waals surface area (Å²) >= 11 is 0. The van der Waals surface area contributed by atoms with Gasteiger partial charge in [0.2, 0.25) is 5.91 Å². The van der Waals surface area contributed by atoms with E-state index in [2.05, 4.69) is 15.3 Å². The van der Waals surface area contributed by atoms with Crippen molar-refractivity contribution in [3.05, 3.63) is 30.2 Å². The van der Waals surface area contributed by atoms with Crippen molar-refractivity contribution in [2.45, 2.75) is 51.2 Å². The maximum absolute atomic E-state index is 12.7. The molecule has 1 fully saturated rings. The smallest absolute Gasteiger partial charge is 0.247 e. The third kappa shape index (κ3) is 4.29. The third-order valence-electron chi connectivity index (χ3n) is 5.97. The van der Waals surface area contributed by atoms with Crippen LogP contribution in [0.1, 0.15) is 46.7 Å². The van der Waals surface area contributed by atoms with Crippen molar-refractivity contribution in [3.63, 3.8) is 0 Å². The van der Waals surface area contributed by atoms with Gasteiger partial charge in [-0.15, -0.1) is 0 Å². The quantitative estimate of drug-likeness (QED) is 0.777. The molecule has 3 heterocycles. The zero-order valence-electron chi connectivity index (χ0n) is 17.8. The second kappa shape index (κ2) is 8.28. The number of nitrogens with one attached hydrogen (secondary N) is 1. The van der Waals surface area contributed by atoms with Crippen molar-refractivity contribution in [1.29, 1.82) is 0 Å². The standard InChI is InChI=1S/C22H29N5O3.H2/c1-22(2,29)18-9-6-15(10-23-18)17-11-24-20-21(26-17)27(19(28)12-25-20)13-14-4-7-16(30-3)8-5-14;/h6,9-11,14,16,29H,4-5,7-8,12-13H2,1-3H3,(H,24,25);1H. The van der Waals surface area contributed by atoms with E-state index in [9.17, 15) is 9.90 Å². The topological polar surface area (TPSA) is 100 Å². The monoisotopic (exact) mass is 413 g/mol. The third-order valence-corrected chi connectivity index (χ3v) is 5.97. The Morgan fingerprint density at radius 1 is 1.23 bits per heavy atom. The van der Waals surface area contributed by atoms with Gasteiger partial charge in [-0.2, -0.15) is 0 Å². The summed E-state index contributed by atoms with van der Waals surface area (Å²) in [5.74, 6) is 1.65. The number of carbonyl (C=O) groups is 1. The molecule has 1 saturated carbocycles. The molecule has 1 aliphatic carbocycles. The largest absolute Gasteiger partial charge is 0.384 e. The maximum Gasteiger partial charge on any atom is 0.247 e. The Kier molecular flexibility index (Phi) is 5.71. The first-order valence-electron chi connectivity index (χ1n) is 10.5. The van der Waals surface area contributed by atoms with Crippen LogP contribution in [0, 0.1) is 5.92 Å². The van der Waals surface area contributed by atoms with Crippen LogP contribution in [0.25, 0.3) is 11.3 Å². The van der Waals surface area contributed by atoms with Crippen LogP contribution in [0.4, 0.5) is 11.6 Å². The molecule has 2 aromatic rings. The van der Waals surface area contributed by atoms with E-state index in [-0.39, 0.29) is 13.9 Å². The van der Waals surface area contributed by atoms with Crippen LogP contribution in [0.2, 0.25) is 0 Å². The number of nitrogens with zero attached hydrogens (tertiary/aromatic N) is 4. The van der Waals surface area contributed by atoms with Gasteiger partial charge in [-0.3, -0.25) is 14.7 Å². The molecular formula is C22H31N5O3. The van der Waals surface area contributed by atoms with Crippen LogP contribution in [-0.4, -0.2) is 52.3 Å². The number of hydrogen-bond acceptors (Lipinski definition) is 7. The minimum atomic E-state index is -1.00. The van der Waals surface area contributed by atoms with Gasteiger partial charge in [0.25, 0.3) is 0 Å². The molecule has 0 radical (unpaired) electrons. The molecule has 1 aliphatic heterocycles. The van der Waals surface area contributed by atoms with Crippen LogP contribution in [0.15, 0.2) is 24.5 Å². The van der Waals surface area contributed by atoms with Crippen molar-refractivity contribution >= 4 is 17.5 Å². The van der Waals surface area contributed by atoms with Crippen LogP contribution in [0.5, 0.6) is 0 Å².